The van der Waals surface area contributed by atoms with Crippen LogP contribution in [0.25, 0.3) is 0 Å². The molecule has 0 aromatic heterocycles. The Morgan fingerprint density at radius 2 is 1.83 bits per heavy atom. The first-order valence-electron chi connectivity index (χ1n) is 8.18. The standard InChI is InChI=1S/C17H22N2O3S/c20-16(18-10-4-5-11-18)15-9-6-12-19(15)23-17(21)22-13-14-7-2-1-3-8-14/h1-3,7-8,15H,4-6,9-13H2. The smallest absolute Gasteiger partial charge is 0.383 e. The summed E-state index contributed by atoms with van der Waals surface area (Å²) in [4.78, 5) is 26.5. The van der Waals surface area contributed by atoms with Gasteiger partial charge >= 0.3 is 5.30 Å². The molecule has 2 aliphatic rings. The molecule has 2 fully saturated rings. The van der Waals surface area contributed by atoms with Gasteiger partial charge in [0.25, 0.3) is 0 Å². The van der Waals surface area contributed by atoms with Crippen molar-refractivity contribution in [3.63, 3.8) is 0 Å². The van der Waals surface area contributed by atoms with Gasteiger partial charge in [-0.05, 0) is 31.2 Å². The van der Waals surface area contributed by atoms with Crippen molar-refractivity contribution in [2.45, 2.75) is 38.3 Å². The Kier molecular flexibility index (Phi) is 5.56. The number of ether oxygens (including phenoxy) is 1. The van der Waals surface area contributed by atoms with Crippen molar-refractivity contribution < 1.29 is 14.3 Å². The number of amides is 1. The van der Waals surface area contributed by atoms with Crippen molar-refractivity contribution in [2.24, 2.45) is 0 Å². The van der Waals surface area contributed by atoms with Crippen molar-refractivity contribution in [2.75, 3.05) is 19.6 Å². The molecule has 0 saturated carbocycles. The predicted octanol–water partition coefficient (Wildman–Crippen LogP) is 3.06. The maximum Gasteiger partial charge on any atom is 0.383 e. The summed E-state index contributed by atoms with van der Waals surface area (Å²) in [6.07, 6.45) is 3.95. The van der Waals surface area contributed by atoms with E-state index in [1.54, 1.807) is 0 Å². The minimum absolute atomic E-state index is 0.170. The number of rotatable bonds is 4. The third kappa shape index (κ3) is 4.26. The summed E-state index contributed by atoms with van der Waals surface area (Å²) in [5.74, 6) is 0.170. The summed E-state index contributed by atoms with van der Waals surface area (Å²) in [5.41, 5.74) is 0.965. The largest absolute Gasteiger partial charge is 0.452 e. The van der Waals surface area contributed by atoms with Crippen LogP contribution < -0.4 is 0 Å². The van der Waals surface area contributed by atoms with Crippen LogP contribution in [0.15, 0.2) is 30.3 Å². The first-order chi connectivity index (χ1) is 11.2. The highest BCUT2D eigenvalue weighted by molar-refractivity contribution is 8.11. The molecule has 1 amide bonds. The van der Waals surface area contributed by atoms with E-state index in [1.807, 2.05) is 39.5 Å². The van der Waals surface area contributed by atoms with Gasteiger partial charge in [0.2, 0.25) is 5.91 Å². The maximum absolute atomic E-state index is 12.5. The molecule has 3 rings (SSSR count). The lowest BCUT2D eigenvalue weighted by molar-refractivity contribution is -0.133. The van der Waals surface area contributed by atoms with Gasteiger partial charge in [-0.3, -0.25) is 4.79 Å². The van der Waals surface area contributed by atoms with Crippen LogP contribution in [0.3, 0.4) is 0 Å². The summed E-state index contributed by atoms with van der Waals surface area (Å²) in [6, 6.07) is 9.44. The van der Waals surface area contributed by atoms with Gasteiger partial charge in [0.15, 0.2) is 0 Å². The van der Waals surface area contributed by atoms with Gasteiger partial charge in [0.1, 0.15) is 6.61 Å². The Labute approximate surface area is 141 Å². The number of carbonyl (C=O) groups is 2. The minimum atomic E-state index is -0.338. The van der Waals surface area contributed by atoms with E-state index in [0.29, 0.717) is 0 Å². The number of likely N-dealkylation sites (tertiary alicyclic amines) is 1. The van der Waals surface area contributed by atoms with Crippen molar-refractivity contribution in [3.8, 4) is 0 Å². The van der Waals surface area contributed by atoms with Crippen LogP contribution in [0.2, 0.25) is 0 Å². The zero-order valence-corrected chi connectivity index (χ0v) is 14.0. The van der Waals surface area contributed by atoms with Gasteiger partial charge < -0.3 is 9.64 Å². The molecule has 1 unspecified atom stereocenters. The van der Waals surface area contributed by atoms with E-state index in [4.69, 9.17) is 4.74 Å². The van der Waals surface area contributed by atoms with Crippen LogP contribution in [-0.4, -0.2) is 46.1 Å². The summed E-state index contributed by atoms with van der Waals surface area (Å²) >= 11 is 1.05. The molecule has 23 heavy (non-hydrogen) atoms. The van der Waals surface area contributed by atoms with Gasteiger partial charge in [-0.15, -0.1) is 0 Å². The van der Waals surface area contributed by atoms with Crippen LogP contribution >= 0.6 is 11.9 Å². The number of nitrogens with zero attached hydrogens (tertiary/aromatic N) is 2. The molecule has 0 bridgehead atoms. The molecule has 1 aromatic rings. The van der Waals surface area contributed by atoms with E-state index >= 15 is 0 Å². The van der Waals surface area contributed by atoms with Crippen molar-refractivity contribution in [1.29, 1.82) is 0 Å². The summed E-state index contributed by atoms with van der Waals surface area (Å²) in [7, 11) is 0. The Morgan fingerprint density at radius 3 is 2.57 bits per heavy atom. The Bertz CT molecular complexity index is 546. The fourth-order valence-electron chi connectivity index (χ4n) is 3.08. The van der Waals surface area contributed by atoms with E-state index < -0.39 is 0 Å². The number of hydrogen-bond acceptors (Lipinski definition) is 5. The Hall–Kier alpha value is -1.53. The lowest BCUT2D eigenvalue weighted by atomic mass is 10.2. The number of hydrogen-bond donors (Lipinski definition) is 0. The van der Waals surface area contributed by atoms with Crippen LogP contribution in [0.5, 0.6) is 0 Å². The van der Waals surface area contributed by atoms with E-state index in [0.717, 1.165) is 62.8 Å². The fourth-order valence-corrected chi connectivity index (χ4v) is 3.93. The van der Waals surface area contributed by atoms with E-state index in [2.05, 4.69) is 0 Å². The molecular formula is C17H22N2O3S. The highest BCUT2D eigenvalue weighted by Crippen LogP contribution is 2.29. The lowest BCUT2D eigenvalue weighted by Gasteiger charge is -2.25. The zero-order valence-electron chi connectivity index (χ0n) is 13.1. The number of benzene rings is 1. The normalized spacial score (nSPS) is 21.6. The summed E-state index contributed by atoms with van der Waals surface area (Å²) in [5, 5.41) is -0.338. The second kappa shape index (κ2) is 7.84. The quantitative estimate of drug-likeness (QED) is 0.626. The topological polar surface area (TPSA) is 49.9 Å². The third-order valence-corrected chi connectivity index (χ3v) is 5.24. The van der Waals surface area contributed by atoms with Crippen molar-refractivity contribution in [3.05, 3.63) is 35.9 Å². The van der Waals surface area contributed by atoms with Gasteiger partial charge in [0, 0.05) is 31.6 Å². The van der Waals surface area contributed by atoms with Crippen LogP contribution in [0.4, 0.5) is 4.79 Å². The second-order valence-corrected chi connectivity index (χ2v) is 6.93. The SMILES string of the molecule is O=C(OCc1ccccc1)SN1CCCC1C(=O)N1CCCC1. The fraction of sp³-hybridized carbons (Fsp3) is 0.529. The average Bonchev–Trinajstić information content (AvgIpc) is 3.25. The molecular weight excluding hydrogens is 312 g/mol. The van der Waals surface area contributed by atoms with Gasteiger partial charge in [-0.25, -0.2) is 9.10 Å². The van der Waals surface area contributed by atoms with Crippen molar-refractivity contribution >= 4 is 23.2 Å². The van der Waals surface area contributed by atoms with E-state index in [-0.39, 0.29) is 23.9 Å². The number of carbonyl (C=O) groups excluding carboxylic acids is 2. The molecule has 0 N–H and O–H groups in total. The Morgan fingerprint density at radius 1 is 1.09 bits per heavy atom. The maximum atomic E-state index is 12.5. The van der Waals surface area contributed by atoms with Crippen molar-refractivity contribution in [1.82, 2.24) is 9.21 Å². The van der Waals surface area contributed by atoms with Gasteiger partial charge in [-0.1, -0.05) is 30.3 Å². The zero-order chi connectivity index (χ0) is 16.1. The predicted molar refractivity (Wildman–Crippen MR) is 89.8 cm³/mol. The molecule has 6 heteroatoms. The molecule has 0 aliphatic carbocycles. The van der Waals surface area contributed by atoms with Crippen LogP contribution in [0.1, 0.15) is 31.2 Å². The molecule has 5 nitrogen and oxygen atoms in total. The van der Waals surface area contributed by atoms with Gasteiger partial charge in [0.05, 0.1) is 6.04 Å². The highest BCUT2D eigenvalue weighted by atomic mass is 32.2. The molecule has 0 spiro atoms. The second-order valence-electron chi connectivity index (χ2n) is 5.95. The monoisotopic (exact) mass is 334 g/mol. The minimum Gasteiger partial charge on any atom is -0.452 e. The molecule has 0 radical (unpaired) electrons. The summed E-state index contributed by atoms with van der Waals surface area (Å²) < 4.78 is 7.20. The van der Waals surface area contributed by atoms with Crippen LogP contribution in [0, 0.1) is 0 Å². The Balaban J connectivity index is 1.49. The van der Waals surface area contributed by atoms with Crippen LogP contribution in [-0.2, 0) is 16.1 Å². The molecule has 2 heterocycles. The molecule has 2 aliphatic heterocycles. The molecule has 2 saturated heterocycles. The highest BCUT2D eigenvalue weighted by Gasteiger charge is 2.36. The van der Waals surface area contributed by atoms with Gasteiger partial charge in [-0.2, -0.15) is 0 Å². The molecule has 124 valence electrons. The molecule has 1 atom stereocenters. The first kappa shape index (κ1) is 16.3. The lowest BCUT2D eigenvalue weighted by Crippen LogP contribution is -2.42. The average molecular weight is 334 g/mol. The van der Waals surface area contributed by atoms with E-state index in [1.165, 1.54) is 0 Å². The first-order valence-corrected chi connectivity index (χ1v) is 8.95. The molecule has 1 aromatic carbocycles. The third-order valence-electron chi connectivity index (χ3n) is 4.30. The summed E-state index contributed by atoms with van der Waals surface area (Å²) in [6.45, 7) is 2.74. The van der Waals surface area contributed by atoms with E-state index in [9.17, 15) is 9.59 Å².